The molecule has 0 aliphatic heterocycles. The molecule has 0 rings (SSSR count). The molecule has 0 bridgehead atoms. The second kappa shape index (κ2) is 6.70. The first-order chi connectivity index (χ1) is 6.90. The fraction of sp³-hybridized carbons (Fsp3) is 0.917. The van der Waals surface area contributed by atoms with Gasteiger partial charge in [0.05, 0.1) is 0 Å². The Balaban J connectivity index is 3.99. The average Bonchev–Trinajstić information content (AvgIpc) is 2.09. The fourth-order valence-electron chi connectivity index (χ4n) is 1.26. The molecule has 0 aromatic heterocycles. The Morgan fingerprint density at radius 3 is 2.20 bits per heavy atom. The quantitative estimate of drug-likeness (QED) is 0.657. The van der Waals surface area contributed by atoms with Crippen molar-refractivity contribution in [3.8, 4) is 0 Å². The number of unbranched alkanes of at least 4 members (excludes halogenated alkanes) is 2. The lowest BCUT2D eigenvalue weighted by atomic mass is 10.2. The predicted octanol–water partition coefficient (Wildman–Crippen LogP) is 3.43. The molecular formula is C12H25NO2. The van der Waals surface area contributed by atoms with Crippen molar-refractivity contribution in [3.05, 3.63) is 0 Å². The van der Waals surface area contributed by atoms with E-state index in [0.29, 0.717) is 0 Å². The SMILES string of the molecule is CCCCCN(CC)C(=O)OC(C)(C)C. The highest BCUT2D eigenvalue weighted by atomic mass is 16.6. The maximum Gasteiger partial charge on any atom is 0.410 e. The molecule has 0 atom stereocenters. The molecule has 0 aromatic rings. The summed E-state index contributed by atoms with van der Waals surface area (Å²) in [5, 5.41) is 0. The molecule has 15 heavy (non-hydrogen) atoms. The van der Waals surface area contributed by atoms with Crippen LogP contribution in [0.2, 0.25) is 0 Å². The van der Waals surface area contributed by atoms with Gasteiger partial charge in [0.25, 0.3) is 0 Å². The zero-order valence-corrected chi connectivity index (χ0v) is 10.8. The van der Waals surface area contributed by atoms with Crippen molar-refractivity contribution in [1.29, 1.82) is 0 Å². The van der Waals surface area contributed by atoms with Crippen molar-refractivity contribution in [1.82, 2.24) is 4.90 Å². The molecule has 0 radical (unpaired) electrons. The van der Waals surface area contributed by atoms with Crippen molar-refractivity contribution >= 4 is 6.09 Å². The minimum atomic E-state index is -0.394. The Morgan fingerprint density at radius 1 is 1.20 bits per heavy atom. The summed E-state index contributed by atoms with van der Waals surface area (Å²) in [5.41, 5.74) is -0.394. The number of nitrogens with zero attached hydrogens (tertiary/aromatic N) is 1. The third-order valence-corrected chi connectivity index (χ3v) is 2.07. The van der Waals surface area contributed by atoms with Crippen molar-refractivity contribution in [2.24, 2.45) is 0 Å². The molecule has 90 valence electrons. The Morgan fingerprint density at radius 2 is 1.80 bits per heavy atom. The van der Waals surface area contributed by atoms with Crippen LogP contribution in [-0.2, 0) is 4.74 Å². The monoisotopic (exact) mass is 215 g/mol. The predicted molar refractivity (Wildman–Crippen MR) is 63.0 cm³/mol. The molecule has 0 spiro atoms. The highest BCUT2D eigenvalue weighted by Gasteiger charge is 2.20. The molecular weight excluding hydrogens is 190 g/mol. The summed E-state index contributed by atoms with van der Waals surface area (Å²) >= 11 is 0. The van der Waals surface area contributed by atoms with Gasteiger partial charge in [0.15, 0.2) is 0 Å². The largest absolute Gasteiger partial charge is 0.444 e. The topological polar surface area (TPSA) is 29.5 Å². The Labute approximate surface area is 93.8 Å². The first kappa shape index (κ1) is 14.3. The van der Waals surface area contributed by atoms with Crippen LogP contribution in [0.15, 0.2) is 0 Å². The average molecular weight is 215 g/mol. The van der Waals surface area contributed by atoms with Crippen molar-refractivity contribution in [2.45, 2.75) is 59.5 Å². The normalized spacial score (nSPS) is 11.3. The molecule has 0 saturated carbocycles. The third kappa shape index (κ3) is 7.23. The number of carbonyl (C=O) groups excluding carboxylic acids is 1. The molecule has 0 aliphatic carbocycles. The highest BCUT2D eigenvalue weighted by Crippen LogP contribution is 2.10. The van der Waals surface area contributed by atoms with E-state index in [1.165, 1.54) is 12.8 Å². The highest BCUT2D eigenvalue weighted by molar-refractivity contribution is 5.68. The van der Waals surface area contributed by atoms with E-state index in [-0.39, 0.29) is 6.09 Å². The summed E-state index contributed by atoms with van der Waals surface area (Å²) in [4.78, 5) is 13.5. The summed E-state index contributed by atoms with van der Waals surface area (Å²) in [7, 11) is 0. The van der Waals surface area contributed by atoms with Crippen LogP contribution in [0.1, 0.15) is 53.9 Å². The zero-order valence-electron chi connectivity index (χ0n) is 10.8. The number of ether oxygens (including phenoxy) is 1. The maximum absolute atomic E-state index is 11.7. The van der Waals surface area contributed by atoms with Gasteiger partial charge in [-0.2, -0.15) is 0 Å². The molecule has 0 fully saturated rings. The second-order valence-corrected chi connectivity index (χ2v) is 4.77. The van der Waals surface area contributed by atoms with Crippen LogP contribution in [0.3, 0.4) is 0 Å². The lowest BCUT2D eigenvalue weighted by Crippen LogP contribution is -2.37. The van der Waals surface area contributed by atoms with Gasteiger partial charge in [-0.25, -0.2) is 4.79 Å². The first-order valence-corrected chi connectivity index (χ1v) is 5.88. The van der Waals surface area contributed by atoms with E-state index in [0.717, 1.165) is 19.5 Å². The molecule has 1 amide bonds. The minimum Gasteiger partial charge on any atom is -0.444 e. The number of hydrogen-bond acceptors (Lipinski definition) is 2. The van der Waals surface area contributed by atoms with Crippen LogP contribution < -0.4 is 0 Å². The van der Waals surface area contributed by atoms with Gasteiger partial charge in [0.1, 0.15) is 5.60 Å². The summed E-state index contributed by atoms with van der Waals surface area (Å²) in [6.07, 6.45) is 3.20. The van der Waals surface area contributed by atoms with Gasteiger partial charge in [-0.05, 0) is 34.1 Å². The Hall–Kier alpha value is -0.730. The van der Waals surface area contributed by atoms with E-state index < -0.39 is 5.60 Å². The summed E-state index contributed by atoms with van der Waals surface area (Å²) in [6.45, 7) is 11.3. The van der Waals surface area contributed by atoms with Crippen molar-refractivity contribution in [3.63, 3.8) is 0 Å². The molecule has 0 saturated heterocycles. The van der Waals surface area contributed by atoms with E-state index in [1.54, 1.807) is 4.90 Å². The van der Waals surface area contributed by atoms with Crippen LogP contribution >= 0.6 is 0 Å². The molecule has 0 heterocycles. The number of rotatable bonds is 5. The molecule has 0 N–H and O–H groups in total. The number of carbonyl (C=O) groups is 1. The fourth-order valence-corrected chi connectivity index (χ4v) is 1.26. The summed E-state index contributed by atoms with van der Waals surface area (Å²) < 4.78 is 5.31. The van der Waals surface area contributed by atoms with Gasteiger partial charge in [-0.1, -0.05) is 19.8 Å². The van der Waals surface area contributed by atoms with Crippen molar-refractivity contribution < 1.29 is 9.53 Å². The number of amides is 1. The van der Waals surface area contributed by atoms with Gasteiger partial charge in [-0.15, -0.1) is 0 Å². The van der Waals surface area contributed by atoms with Crippen LogP contribution in [0.5, 0.6) is 0 Å². The third-order valence-electron chi connectivity index (χ3n) is 2.07. The molecule has 0 aromatic carbocycles. The van der Waals surface area contributed by atoms with Crippen LogP contribution in [-0.4, -0.2) is 29.7 Å². The van der Waals surface area contributed by atoms with Gasteiger partial charge in [-0.3, -0.25) is 0 Å². The molecule has 3 heteroatoms. The lowest BCUT2D eigenvalue weighted by molar-refractivity contribution is 0.0257. The Bertz CT molecular complexity index is 185. The lowest BCUT2D eigenvalue weighted by Gasteiger charge is -2.26. The van der Waals surface area contributed by atoms with Crippen molar-refractivity contribution in [2.75, 3.05) is 13.1 Å². The van der Waals surface area contributed by atoms with E-state index in [9.17, 15) is 4.79 Å². The summed E-state index contributed by atoms with van der Waals surface area (Å²) in [6, 6.07) is 0. The van der Waals surface area contributed by atoms with E-state index in [4.69, 9.17) is 4.74 Å². The van der Waals surface area contributed by atoms with E-state index >= 15 is 0 Å². The molecule has 3 nitrogen and oxygen atoms in total. The summed E-state index contributed by atoms with van der Waals surface area (Å²) in [5.74, 6) is 0. The van der Waals surface area contributed by atoms with Crippen LogP contribution in [0.25, 0.3) is 0 Å². The number of hydrogen-bond donors (Lipinski definition) is 0. The van der Waals surface area contributed by atoms with E-state index in [1.807, 2.05) is 27.7 Å². The second-order valence-electron chi connectivity index (χ2n) is 4.77. The van der Waals surface area contributed by atoms with Crippen LogP contribution in [0.4, 0.5) is 4.79 Å². The molecule has 0 unspecified atom stereocenters. The van der Waals surface area contributed by atoms with Crippen LogP contribution in [0, 0.1) is 0 Å². The van der Waals surface area contributed by atoms with Gasteiger partial charge < -0.3 is 9.64 Å². The first-order valence-electron chi connectivity index (χ1n) is 5.88. The van der Waals surface area contributed by atoms with Gasteiger partial charge in [0, 0.05) is 13.1 Å². The van der Waals surface area contributed by atoms with Gasteiger partial charge in [0.2, 0.25) is 0 Å². The van der Waals surface area contributed by atoms with Gasteiger partial charge >= 0.3 is 6.09 Å². The standard InChI is InChI=1S/C12H25NO2/c1-6-8-9-10-13(7-2)11(14)15-12(3,4)5/h6-10H2,1-5H3. The molecule has 0 aliphatic rings. The zero-order chi connectivity index (χ0) is 11.9. The maximum atomic E-state index is 11.7. The van der Waals surface area contributed by atoms with E-state index in [2.05, 4.69) is 6.92 Å². The Kier molecular flexibility index (Phi) is 6.37. The minimum absolute atomic E-state index is 0.193. The smallest absolute Gasteiger partial charge is 0.410 e.